The normalized spacial score (nSPS) is 15.1. The molecule has 0 bridgehead atoms. The van der Waals surface area contributed by atoms with E-state index in [0.29, 0.717) is 5.88 Å². The van der Waals surface area contributed by atoms with Gasteiger partial charge in [0.25, 0.3) is 0 Å². The van der Waals surface area contributed by atoms with Crippen LogP contribution in [0.4, 0.5) is 0 Å². The summed E-state index contributed by atoms with van der Waals surface area (Å²) in [6.07, 6.45) is 2.71. The highest BCUT2D eigenvalue weighted by Gasteiger charge is 2.14. The molecule has 0 aromatic heterocycles. The van der Waals surface area contributed by atoms with Crippen molar-refractivity contribution in [2.45, 2.75) is 46.1 Å². The number of halogens is 1. The summed E-state index contributed by atoms with van der Waals surface area (Å²) in [5.41, 5.74) is 0. The molecule has 0 radical (unpaired) electrons. The third-order valence-corrected chi connectivity index (χ3v) is 2.57. The van der Waals surface area contributed by atoms with E-state index in [2.05, 4.69) is 12.2 Å². The van der Waals surface area contributed by atoms with Crippen molar-refractivity contribution in [3.05, 3.63) is 0 Å². The van der Waals surface area contributed by atoms with Crippen LogP contribution in [0.5, 0.6) is 0 Å². The predicted octanol–water partition coefficient (Wildman–Crippen LogP) is 2.56. The summed E-state index contributed by atoms with van der Waals surface area (Å²) in [6.45, 7) is 6.03. The van der Waals surface area contributed by atoms with Crippen molar-refractivity contribution in [3.8, 4) is 0 Å². The zero-order chi connectivity index (χ0) is 10.3. The highest BCUT2D eigenvalue weighted by Crippen LogP contribution is 2.04. The lowest BCUT2D eigenvalue weighted by molar-refractivity contribution is -0.125. The summed E-state index contributed by atoms with van der Waals surface area (Å²) < 4.78 is 0. The van der Waals surface area contributed by atoms with Crippen LogP contribution in [0.15, 0.2) is 0 Å². The molecule has 0 saturated carbocycles. The number of alkyl halides is 1. The highest BCUT2D eigenvalue weighted by molar-refractivity contribution is 6.17. The van der Waals surface area contributed by atoms with Crippen molar-refractivity contribution in [1.82, 2.24) is 5.32 Å². The third kappa shape index (κ3) is 5.14. The molecule has 78 valence electrons. The molecule has 3 heteroatoms. The molecule has 0 aliphatic rings. The largest absolute Gasteiger partial charge is 0.353 e. The molecule has 0 aliphatic carbocycles. The van der Waals surface area contributed by atoms with Gasteiger partial charge in [-0.15, -0.1) is 11.6 Å². The molecule has 1 N–H and O–H groups in total. The Bertz CT molecular complexity index is 150. The monoisotopic (exact) mass is 205 g/mol. The predicted molar refractivity (Wildman–Crippen MR) is 57.0 cm³/mol. The topological polar surface area (TPSA) is 29.1 Å². The van der Waals surface area contributed by atoms with Gasteiger partial charge in [0.05, 0.1) is 0 Å². The summed E-state index contributed by atoms with van der Waals surface area (Å²) in [7, 11) is 0. The lowest BCUT2D eigenvalue weighted by Gasteiger charge is -2.18. The number of nitrogens with one attached hydrogen (secondary N) is 1. The molecule has 0 spiro atoms. The number of amides is 1. The van der Waals surface area contributed by atoms with Gasteiger partial charge in [0.15, 0.2) is 0 Å². The molecule has 0 rings (SSSR count). The molecule has 2 nitrogen and oxygen atoms in total. The van der Waals surface area contributed by atoms with Crippen LogP contribution >= 0.6 is 11.6 Å². The first-order chi connectivity index (χ1) is 6.15. The van der Waals surface area contributed by atoms with Gasteiger partial charge in [-0.2, -0.15) is 0 Å². The summed E-state index contributed by atoms with van der Waals surface area (Å²) in [5, 5.41) is 2.99. The number of hydrogen-bond acceptors (Lipinski definition) is 1. The zero-order valence-electron chi connectivity index (χ0n) is 8.77. The average Bonchev–Trinajstić information content (AvgIpc) is 2.15. The van der Waals surface area contributed by atoms with Gasteiger partial charge in [-0.1, -0.05) is 20.8 Å². The van der Waals surface area contributed by atoms with E-state index in [1.54, 1.807) is 0 Å². The summed E-state index contributed by atoms with van der Waals surface area (Å²) >= 11 is 5.62. The van der Waals surface area contributed by atoms with Gasteiger partial charge in [-0.05, 0) is 19.3 Å². The SMILES string of the molecule is CCC(CCCl)NC(=O)C(C)CC. The van der Waals surface area contributed by atoms with Crippen LogP contribution in [0.25, 0.3) is 0 Å². The minimum Gasteiger partial charge on any atom is -0.353 e. The Hall–Kier alpha value is -0.240. The first-order valence-corrected chi connectivity index (χ1v) is 5.55. The second-order valence-corrected chi connectivity index (χ2v) is 3.78. The number of carbonyl (C=O) groups is 1. The molecule has 0 saturated heterocycles. The fourth-order valence-electron chi connectivity index (χ4n) is 1.04. The van der Waals surface area contributed by atoms with Gasteiger partial charge in [-0.25, -0.2) is 0 Å². The van der Waals surface area contributed by atoms with Crippen molar-refractivity contribution >= 4 is 17.5 Å². The standard InChI is InChI=1S/C10H20ClNO/c1-4-8(3)10(13)12-9(5-2)6-7-11/h8-9H,4-7H2,1-3H3,(H,12,13). The molecular formula is C10H20ClNO. The summed E-state index contributed by atoms with van der Waals surface area (Å²) in [6, 6.07) is 0.249. The maximum absolute atomic E-state index is 11.5. The molecule has 0 aromatic carbocycles. The van der Waals surface area contributed by atoms with Crippen LogP contribution in [0.3, 0.4) is 0 Å². The van der Waals surface area contributed by atoms with Gasteiger partial charge < -0.3 is 5.32 Å². The van der Waals surface area contributed by atoms with E-state index in [9.17, 15) is 4.79 Å². The number of hydrogen-bond donors (Lipinski definition) is 1. The molecule has 0 aromatic rings. The first-order valence-electron chi connectivity index (χ1n) is 5.02. The maximum atomic E-state index is 11.5. The Labute approximate surface area is 86.0 Å². The molecule has 13 heavy (non-hydrogen) atoms. The molecule has 1 amide bonds. The highest BCUT2D eigenvalue weighted by atomic mass is 35.5. The Morgan fingerprint density at radius 2 is 2.00 bits per heavy atom. The Kier molecular flexibility index (Phi) is 7.06. The quantitative estimate of drug-likeness (QED) is 0.664. The van der Waals surface area contributed by atoms with Crippen molar-refractivity contribution in [3.63, 3.8) is 0 Å². The Balaban J connectivity index is 3.85. The van der Waals surface area contributed by atoms with E-state index in [0.717, 1.165) is 19.3 Å². The fraction of sp³-hybridized carbons (Fsp3) is 0.900. The van der Waals surface area contributed by atoms with Crippen LogP contribution in [-0.2, 0) is 4.79 Å². The van der Waals surface area contributed by atoms with Gasteiger partial charge in [0.2, 0.25) is 5.91 Å². The van der Waals surface area contributed by atoms with E-state index >= 15 is 0 Å². The Morgan fingerprint density at radius 3 is 2.38 bits per heavy atom. The molecule has 0 heterocycles. The molecular weight excluding hydrogens is 186 g/mol. The first kappa shape index (κ1) is 12.8. The van der Waals surface area contributed by atoms with Crippen molar-refractivity contribution in [2.75, 3.05) is 5.88 Å². The van der Waals surface area contributed by atoms with Crippen LogP contribution in [0.1, 0.15) is 40.0 Å². The molecule has 0 aliphatic heterocycles. The summed E-state index contributed by atoms with van der Waals surface area (Å²) in [5.74, 6) is 0.878. The fourth-order valence-corrected chi connectivity index (χ4v) is 1.30. The van der Waals surface area contributed by atoms with Crippen LogP contribution in [0.2, 0.25) is 0 Å². The average molecular weight is 206 g/mol. The van der Waals surface area contributed by atoms with Gasteiger partial charge in [0, 0.05) is 17.8 Å². The van der Waals surface area contributed by atoms with Gasteiger partial charge in [-0.3, -0.25) is 4.79 Å². The van der Waals surface area contributed by atoms with Crippen LogP contribution in [0, 0.1) is 5.92 Å². The van der Waals surface area contributed by atoms with Gasteiger partial charge in [0.1, 0.15) is 0 Å². The van der Waals surface area contributed by atoms with E-state index in [1.165, 1.54) is 0 Å². The summed E-state index contributed by atoms with van der Waals surface area (Å²) in [4.78, 5) is 11.5. The second kappa shape index (κ2) is 7.19. The van der Waals surface area contributed by atoms with Crippen molar-refractivity contribution in [1.29, 1.82) is 0 Å². The van der Waals surface area contributed by atoms with Crippen molar-refractivity contribution < 1.29 is 4.79 Å². The van der Waals surface area contributed by atoms with E-state index in [-0.39, 0.29) is 17.9 Å². The second-order valence-electron chi connectivity index (χ2n) is 3.40. The minimum absolute atomic E-state index is 0.115. The lowest BCUT2D eigenvalue weighted by atomic mass is 10.1. The molecule has 0 fully saturated rings. The lowest BCUT2D eigenvalue weighted by Crippen LogP contribution is -2.37. The zero-order valence-corrected chi connectivity index (χ0v) is 9.53. The smallest absolute Gasteiger partial charge is 0.223 e. The maximum Gasteiger partial charge on any atom is 0.223 e. The van der Waals surface area contributed by atoms with E-state index < -0.39 is 0 Å². The minimum atomic E-state index is 0.115. The molecule has 2 atom stereocenters. The van der Waals surface area contributed by atoms with E-state index in [1.807, 2.05) is 13.8 Å². The number of rotatable bonds is 6. The van der Waals surface area contributed by atoms with E-state index in [4.69, 9.17) is 11.6 Å². The van der Waals surface area contributed by atoms with Gasteiger partial charge >= 0.3 is 0 Å². The third-order valence-electron chi connectivity index (χ3n) is 2.36. The Morgan fingerprint density at radius 1 is 1.38 bits per heavy atom. The van der Waals surface area contributed by atoms with Crippen LogP contribution < -0.4 is 5.32 Å². The molecule has 2 unspecified atom stereocenters. The van der Waals surface area contributed by atoms with Crippen molar-refractivity contribution in [2.24, 2.45) is 5.92 Å². The van der Waals surface area contributed by atoms with Crippen LogP contribution in [-0.4, -0.2) is 17.8 Å². The number of carbonyl (C=O) groups excluding carboxylic acids is 1.